The van der Waals surface area contributed by atoms with Gasteiger partial charge in [-0.1, -0.05) is 0 Å². The highest BCUT2D eigenvalue weighted by Crippen LogP contribution is 2.37. The number of carboxylic acids is 2. The molecule has 2 aromatic heterocycles. The van der Waals surface area contributed by atoms with Crippen molar-refractivity contribution in [3.8, 4) is 5.75 Å². The highest BCUT2D eigenvalue weighted by molar-refractivity contribution is 5.92. The maximum atomic E-state index is 12.4. The Kier molecular flexibility index (Phi) is 9.43. The number of imidazole rings is 1. The minimum absolute atomic E-state index is 0.00130. The number of halogens is 6. The molecule has 2 aromatic rings. The molecule has 0 aromatic carbocycles. The van der Waals surface area contributed by atoms with Crippen LogP contribution in [-0.4, -0.2) is 91.7 Å². The number of carbonyl (C=O) groups excluding carboxylic acids is 1. The van der Waals surface area contributed by atoms with E-state index >= 15 is 0 Å². The minimum Gasteiger partial charge on any atom is -0.486 e. The van der Waals surface area contributed by atoms with Gasteiger partial charge in [-0.05, 0) is 18.6 Å². The van der Waals surface area contributed by atoms with E-state index < -0.39 is 24.3 Å². The molecule has 1 spiro atoms. The lowest BCUT2D eigenvalue weighted by Gasteiger charge is -2.23. The lowest BCUT2D eigenvalue weighted by molar-refractivity contribution is -0.193. The summed E-state index contributed by atoms with van der Waals surface area (Å²) in [4.78, 5) is 42.8. The summed E-state index contributed by atoms with van der Waals surface area (Å²) >= 11 is 0. The molecule has 4 rings (SSSR count). The van der Waals surface area contributed by atoms with Crippen LogP contribution >= 0.6 is 0 Å². The third-order valence-corrected chi connectivity index (χ3v) is 4.93. The third kappa shape index (κ3) is 8.93. The number of nitrogens with zero attached hydrogens (tertiary/aromatic N) is 3. The van der Waals surface area contributed by atoms with Gasteiger partial charge >= 0.3 is 24.3 Å². The van der Waals surface area contributed by atoms with Crippen LogP contribution in [0.3, 0.4) is 0 Å². The van der Waals surface area contributed by atoms with E-state index in [-0.39, 0.29) is 17.6 Å². The van der Waals surface area contributed by atoms with Crippen molar-refractivity contribution >= 4 is 17.8 Å². The van der Waals surface area contributed by atoms with E-state index in [0.717, 1.165) is 18.6 Å². The van der Waals surface area contributed by atoms with Crippen LogP contribution in [-0.2, 0) is 14.3 Å². The van der Waals surface area contributed by atoms with Gasteiger partial charge in [0.1, 0.15) is 17.5 Å². The van der Waals surface area contributed by atoms with Gasteiger partial charge < -0.3 is 29.6 Å². The molecule has 2 aliphatic heterocycles. The zero-order chi connectivity index (χ0) is 27.9. The molecule has 4 heterocycles. The van der Waals surface area contributed by atoms with Crippen molar-refractivity contribution in [2.24, 2.45) is 0 Å². The van der Waals surface area contributed by atoms with E-state index in [0.29, 0.717) is 25.4 Å². The second-order valence-electron chi connectivity index (χ2n) is 7.67. The van der Waals surface area contributed by atoms with Crippen LogP contribution in [0.5, 0.6) is 5.75 Å². The first kappa shape index (κ1) is 29.3. The van der Waals surface area contributed by atoms with Gasteiger partial charge in [0.05, 0.1) is 37.5 Å². The van der Waals surface area contributed by atoms with Crippen molar-refractivity contribution in [1.82, 2.24) is 19.9 Å². The molecule has 1 amide bonds. The smallest absolute Gasteiger partial charge is 0.486 e. The van der Waals surface area contributed by atoms with Gasteiger partial charge in [-0.15, -0.1) is 0 Å². The average molecular weight is 542 g/mol. The Hall–Kier alpha value is -3.89. The molecule has 2 aliphatic rings. The van der Waals surface area contributed by atoms with Crippen LogP contribution < -0.4 is 4.74 Å². The van der Waals surface area contributed by atoms with Crippen molar-refractivity contribution in [3.05, 3.63) is 42.7 Å². The number of pyridine rings is 1. The number of amides is 1. The molecule has 11 nitrogen and oxygen atoms in total. The van der Waals surface area contributed by atoms with Crippen molar-refractivity contribution in [2.75, 3.05) is 19.7 Å². The molecule has 0 radical (unpaired) electrons. The maximum absolute atomic E-state index is 12.4. The molecule has 0 bridgehead atoms. The SMILES string of the molecule is O=C(O)C(F)(F)F.O=C(O)C(F)(F)F.O=C(c1cnc[nH]1)N1CCC2(CC(Oc3cccnc3)CO2)C1. The van der Waals surface area contributed by atoms with Crippen LogP contribution in [0.2, 0.25) is 0 Å². The molecular weight excluding hydrogens is 522 g/mol. The zero-order valence-corrected chi connectivity index (χ0v) is 18.6. The molecular formula is C20H20F6N4O7. The van der Waals surface area contributed by atoms with E-state index in [1.54, 1.807) is 18.6 Å². The molecule has 0 saturated carbocycles. The largest absolute Gasteiger partial charge is 0.490 e. The fourth-order valence-corrected chi connectivity index (χ4v) is 3.33. The van der Waals surface area contributed by atoms with Gasteiger partial charge in [0, 0.05) is 19.2 Å². The Morgan fingerprint density at radius 1 is 1.08 bits per heavy atom. The predicted molar refractivity (Wildman–Crippen MR) is 108 cm³/mol. The van der Waals surface area contributed by atoms with E-state index in [2.05, 4.69) is 15.0 Å². The Labute approximate surface area is 204 Å². The summed E-state index contributed by atoms with van der Waals surface area (Å²) < 4.78 is 75.4. The van der Waals surface area contributed by atoms with Crippen LogP contribution in [0.1, 0.15) is 23.3 Å². The summed E-state index contributed by atoms with van der Waals surface area (Å²) in [5, 5.41) is 14.2. The Balaban J connectivity index is 0.000000286. The van der Waals surface area contributed by atoms with E-state index in [1.807, 2.05) is 17.0 Å². The average Bonchev–Trinajstić information content (AvgIpc) is 3.56. The molecule has 17 heteroatoms. The van der Waals surface area contributed by atoms with Gasteiger partial charge in [-0.25, -0.2) is 14.6 Å². The number of aromatic amines is 1. The third-order valence-electron chi connectivity index (χ3n) is 4.93. The quantitative estimate of drug-likeness (QED) is 0.496. The Morgan fingerprint density at radius 2 is 1.70 bits per heavy atom. The van der Waals surface area contributed by atoms with Crippen molar-refractivity contribution in [2.45, 2.75) is 36.9 Å². The number of likely N-dealkylation sites (tertiary alicyclic amines) is 1. The Morgan fingerprint density at radius 3 is 2.19 bits per heavy atom. The first-order valence-electron chi connectivity index (χ1n) is 10.2. The lowest BCUT2D eigenvalue weighted by atomic mass is 9.98. The number of carbonyl (C=O) groups is 3. The van der Waals surface area contributed by atoms with Gasteiger partial charge in [-0.3, -0.25) is 9.78 Å². The number of H-pyrrole nitrogens is 1. The minimum atomic E-state index is -5.08. The van der Waals surface area contributed by atoms with Gasteiger partial charge in [0.15, 0.2) is 0 Å². The lowest BCUT2D eigenvalue weighted by Crippen LogP contribution is -2.36. The van der Waals surface area contributed by atoms with Crippen molar-refractivity contribution in [1.29, 1.82) is 0 Å². The highest BCUT2D eigenvalue weighted by atomic mass is 19.4. The first-order chi connectivity index (χ1) is 17.1. The molecule has 3 N–H and O–H groups in total. The maximum Gasteiger partial charge on any atom is 0.490 e. The fraction of sp³-hybridized carbons (Fsp3) is 0.450. The van der Waals surface area contributed by atoms with Crippen LogP contribution in [0.15, 0.2) is 37.1 Å². The van der Waals surface area contributed by atoms with E-state index in [4.69, 9.17) is 29.3 Å². The molecule has 2 unspecified atom stereocenters. The number of alkyl halides is 6. The normalized spacial score (nSPS) is 20.9. The predicted octanol–water partition coefficient (Wildman–Crippen LogP) is 2.52. The molecule has 2 saturated heterocycles. The number of hydrogen-bond donors (Lipinski definition) is 3. The highest BCUT2D eigenvalue weighted by Gasteiger charge is 2.47. The van der Waals surface area contributed by atoms with Crippen LogP contribution in [0.4, 0.5) is 26.3 Å². The monoisotopic (exact) mass is 542 g/mol. The topological polar surface area (TPSA) is 155 Å². The number of nitrogens with one attached hydrogen (secondary N) is 1. The van der Waals surface area contributed by atoms with Crippen LogP contribution in [0, 0.1) is 0 Å². The molecule has 204 valence electrons. The van der Waals surface area contributed by atoms with E-state index in [9.17, 15) is 31.1 Å². The second-order valence-corrected chi connectivity index (χ2v) is 7.67. The zero-order valence-electron chi connectivity index (χ0n) is 18.6. The summed E-state index contributed by atoms with van der Waals surface area (Å²) in [5.41, 5.74) is 0.228. The summed E-state index contributed by atoms with van der Waals surface area (Å²) in [7, 11) is 0. The number of carboxylic acid groups (broad SMARTS) is 2. The molecule has 0 aliphatic carbocycles. The number of rotatable bonds is 3. The Bertz CT molecular complexity index is 1030. The number of hydrogen-bond acceptors (Lipinski definition) is 7. The summed E-state index contributed by atoms with van der Waals surface area (Å²) in [6.45, 7) is 1.83. The van der Waals surface area contributed by atoms with Crippen molar-refractivity contribution in [3.63, 3.8) is 0 Å². The van der Waals surface area contributed by atoms with Gasteiger partial charge in [0.25, 0.3) is 5.91 Å². The van der Waals surface area contributed by atoms with Crippen LogP contribution in [0.25, 0.3) is 0 Å². The summed E-state index contributed by atoms with van der Waals surface area (Å²) in [6.07, 6.45) is -2.06. The second kappa shape index (κ2) is 11.9. The molecule has 2 atom stereocenters. The van der Waals surface area contributed by atoms with E-state index in [1.165, 1.54) is 6.33 Å². The standard InChI is InChI=1S/C16H18N4O3.2C2HF3O2/c21-15(14-8-18-11-19-14)20-5-3-16(10-20)6-13(9-22-16)23-12-2-1-4-17-7-12;2*3-2(4,5)1(6)7/h1-2,4,7-8,11,13H,3,5-6,9-10H2,(H,18,19);2*(H,6,7). The molecule has 2 fully saturated rings. The first-order valence-corrected chi connectivity index (χ1v) is 10.2. The molecule has 37 heavy (non-hydrogen) atoms. The van der Waals surface area contributed by atoms with Crippen molar-refractivity contribution < 1.29 is 60.4 Å². The fourth-order valence-electron chi connectivity index (χ4n) is 3.33. The summed E-state index contributed by atoms with van der Waals surface area (Å²) in [5.74, 6) is -4.79. The number of aromatic nitrogens is 3. The summed E-state index contributed by atoms with van der Waals surface area (Å²) in [6, 6.07) is 3.74. The number of ether oxygens (including phenoxy) is 2. The van der Waals surface area contributed by atoms with Gasteiger partial charge in [0.2, 0.25) is 0 Å². The number of aliphatic carboxylic acids is 2. The van der Waals surface area contributed by atoms with Gasteiger partial charge in [-0.2, -0.15) is 26.3 Å².